The fraction of sp³-hybridized carbons (Fsp3) is 0.333. The van der Waals surface area contributed by atoms with E-state index in [4.69, 9.17) is 33.7 Å². The predicted molar refractivity (Wildman–Crippen MR) is 141 cm³/mol. The van der Waals surface area contributed by atoms with Crippen LogP contribution in [0, 0.1) is 6.92 Å². The molecule has 3 aromatic carbocycles. The second kappa shape index (κ2) is 12.5. The highest BCUT2D eigenvalue weighted by Gasteiger charge is 2.23. The molecular formula is C27H32Cl2N2O4. The smallest absolute Gasteiger partial charge is 0.119 e. The van der Waals surface area contributed by atoms with Crippen molar-refractivity contribution in [1.82, 2.24) is 4.90 Å². The van der Waals surface area contributed by atoms with Gasteiger partial charge in [0, 0.05) is 19.1 Å². The summed E-state index contributed by atoms with van der Waals surface area (Å²) in [6.45, 7) is 4.50. The molecule has 5 N–H and O–H groups in total. The Labute approximate surface area is 216 Å². The number of nitrogens with two attached hydrogens (primary N) is 1. The molecule has 188 valence electrons. The first-order chi connectivity index (χ1) is 16.6. The Hall–Kier alpha value is -2.48. The number of aryl methyl sites for hydroxylation is 1. The minimum atomic E-state index is -0.906. The summed E-state index contributed by atoms with van der Waals surface area (Å²) in [7, 11) is 0. The summed E-state index contributed by atoms with van der Waals surface area (Å²) in [5.41, 5.74) is 8.49. The summed E-state index contributed by atoms with van der Waals surface area (Å²) in [4.78, 5) is 2.00. The van der Waals surface area contributed by atoms with E-state index in [2.05, 4.69) is 0 Å². The van der Waals surface area contributed by atoms with Crippen molar-refractivity contribution in [3.8, 4) is 11.5 Å². The van der Waals surface area contributed by atoms with Crippen molar-refractivity contribution >= 4 is 28.9 Å². The van der Waals surface area contributed by atoms with E-state index in [1.54, 1.807) is 18.2 Å². The van der Waals surface area contributed by atoms with Crippen molar-refractivity contribution in [2.24, 2.45) is 0 Å². The summed E-state index contributed by atoms with van der Waals surface area (Å²) < 4.78 is 5.71. The Morgan fingerprint density at radius 3 is 2.26 bits per heavy atom. The lowest BCUT2D eigenvalue weighted by molar-refractivity contribution is 0.0291. The third-order valence-electron chi connectivity index (χ3n) is 5.94. The SMILES string of the molecule is Cc1cc(CC(C)N(CC(O)COc2ccccc2)CC(O)c2cc(Cl)c(N)c(Cl)c2)ccc1O. The highest BCUT2D eigenvalue weighted by Crippen LogP contribution is 2.32. The Morgan fingerprint density at radius 2 is 1.63 bits per heavy atom. The van der Waals surface area contributed by atoms with Gasteiger partial charge in [-0.1, -0.05) is 53.5 Å². The molecule has 0 aliphatic rings. The summed E-state index contributed by atoms with van der Waals surface area (Å²) in [6.07, 6.45) is -1.04. The molecule has 0 aromatic heterocycles. The van der Waals surface area contributed by atoms with E-state index in [1.807, 2.05) is 61.2 Å². The Morgan fingerprint density at radius 1 is 0.971 bits per heavy atom. The van der Waals surface area contributed by atoms with Crippen LogP contribution in [0.3, 0.4) is 0 Å². The van der Waals surface area contributed by atoms with Crippen molar-refractivity contribution in [3.05, 3.63) is 87.4 Å². The van der Waals surface area contributed by atoms with Crippen LogP contribution < -0.4 is 10.5 Å². The molecule has 0 amide bonds. The topological polar surface area (TPSA) is 99.2 Å². The maximum atomic E-state index is 11.0. The van der Waals surface area contributed by atoms with E-state index in [9.17, 15) is 15.3 Å². The normalized spacial score (nSPS) is 14.0. The van der Waals surface area contributed by atoms with Crippen molar-refractivity contribution in [2.75, 3.05) is 25.4 Å². The van der Waals surface area contributed by atoms with E-state index in [-0.39, 0.29) is 47.2 Å². The molecule has 3 unspecified atom stereocenters. The first-order valence-corrected chi connectivity index (χ1v) is 12.2. The molecule has 3 atom stereocenters. The largest absolute Gasteiger partial charge is 0.508 e. The van der Waals surface area contributed by atoms with Crippen LogP contribution in [0.4, 0.5) is 5.69 Å². The van der Waals surface area contributed by atoms with Crippen LogP contribution in [-0.2, 0) is 6.42 Å². The van der Waals surface area contributed by atoms with E-state index in [0.717, 1.165) is 11.1 Å². The first-order valence-electron chi connectivity index (χ1n) is 11.4. The molecule has 0 radical (unpaired) electrons. The molecule has 0 bridgehead atoms. The van der Waals surface area contributed by atoms with Crippen LogP contribution in [0.2, 0.25) is 10.0 Å². The number of phenols is 1. The van der Waals surface area contributed by atoms with Crippen LogP contribution >= 0.6 is 23.2 Å². The number of nitrogen functional groups attached to an aromatic ring is 1. The highest BCUT2D eigenvalue weighted by molar-refractivity contribution is 6.38. The van der Waals surface area contributed by atoms with Gasteiger partial charge in [0.05, 0.1) is 21.8 Å². The number of halogens is 2. The standard InChI is InChI=1S/C27H32Cl2N2O4/c1-17-10-19(8-9-25(17)33)11-18(2)31(14-21(32)16-35-22-6-4-3-5-7-22)15-26(34)20-12-23(28)27(30)24(29)13-20/h3-10,12-13,18,21,26,32-34H,11,14-16,30H2,1-2H3. The molecule has 0 spiro atoms. The molecule has 0 aliphatic heterocycles. The second-order valence-corrected chi connectivity index (χ2v) is 9.63. The van der Waals surface area contributed by atoms with Gasteiger partial charge in [0.15, 0.2) is 0 Å². The molecule has 0 saturated heterocycles. The fourth-order valence-electron chi connectivity index (χ4n) is 3.91. The lowest BCUT2D eigenvalue weighted by atomic mass is 10.0. The predicted octanol–water partition coefficient (Wildman–Crippen LogP) is 5.00. The van der Waals surface area contributed by atoms with Gasteiger partial charge in [-0.3, -0.25) is 4.90 Å². The first kappa shape index (κ1) is 27.1. The second-order valence-electron chi connectivity index (χ2n) is 8.82. The van der Waals surface area contributed by atoms with Crippen LogP contribution in [-0.4, -0.2) is 52.1 Å². The van der Waals surface area contributed by atoms with E-state index >= 15 is 0 Å². The average Bonchev–Trinajstić information content (AvgIpc) is 2.83. The van der Waals surface area contributed by atoms with Gasteiger partial charge >= 0.3 is 0 Å². The molecular weight excluding hydrogens is 487 g/mol. The van der Waals surface area contributed by atoms with E-state index in [0.29, 0.717) is 17.7 Å². The van der Waals surface area contributed by atoms with E-state index in [1.165, 1.54) is 0 Å². The van der Waals surface area contributed by atoms with Crippen LogP contribution in [0.25, 0.3) is 0 Å². The average molecular weight is 519 g/mol. The van der Waals surface area contributed by atoms with Crippen molar-refractivity contribution in [1.29, 1.82) is 0 Å². The van der Waals surface area contributed by atoms with Crippen LogP contribution in [0.15, 0.2) is 60.7 Å². The quantitative estimate of drug-likeness (QED) is 0.266. The van der Waals surface area contributed by atoms with Gasteiger partial charge in [-0.25, -0.2) is 0 Å². The molecule has 35 heavy (non-hydrogen) atoms. The van der Waals surface area contributed by atoms with Gasteiger partial charge in [0.25, 0.3) is 0 Å². The summed E-state index contributed by atoms with van der Waals surface area (Å²) in [6, 6.07) is 18.0. The van der Waals surface area contributed by atoms with E-state index < -0.39 is 12.2 Å². The molecule has 0 aliphatic carbocycles. The zero-order valence-corrected chi connectivity index (χ0v) is 21.4. The number of anilines is 1. The molecule has 8 heteroatoms. The fourth-order valence-corrected chi connectivity index (χ4v) is 4.41. The number of nitrogens with zero attached hydrogens (tertiary/aromatic N) is 1. The number of hydrogen-bond donors (Lipinski definition) is 4. The van der Waals surface area contributed by atoms with Crippen molar-refractivity contribution in [3.63, 3.8) is 0 Å². The summed E-state index contributed by atoms with van der Waals surface area (Å²) in [5, 5.41) is 32.2. The maximum Gasteiger partial charge on any atom is 0.119 e. The molecule has 0 fully saturated rings. The van der Waals surface area contributed by atoms with Gasteiger partial charge in [0.2, 0.25) is 0 Å². The van der Waals surface area contributed by atoms with Crippen LogP contribution in [0.5, 0.6) is 11.5 Å². The third-order valence-corrected chi connectivity index (χ3v) is 6.57. The number of aromatic hydroxyl groups is 1. The number of aliphatic hydroxyl groups excluding tert-OH is 2. The molecule has 3 rings (SSSR count). The Kier molecular flexibility index (Phi) is 9.66. The number of para-hydroxylation sites is 1. The van der Waals surface area contributed by atoms with Gasteiger partial charge in [-0.05, 0) is 67.3 Å². The Balaban J connectivity index is 1.74. The molecule has 3 aromatic rings. The highest BCUT2D eigenvalue weighted by atomic mass is 35.5. The molecule has 6 nitrogen and oxygen atoms in total. The maximum absolute atomic E-state index is 11.0. The number of ether oxygens (including phenoxy) is 1. The van der Waals surface area contributed by atoms with Gasteiger partial charge < -0.3 is 25.8 Å². The van der Waals surface area contributed by atoms with Gasteiger partial charge in [0.1, 0.15) is 24.2 Å². The number of phenolic OH excluding ortho intramolecular Hbond substituents is 1. The van der Waals surface area contributed by atoms with Gasteiger partial charge in [-0.2, -0.15) is 0 Å². The minimum absolute atomic E-state index is 0.0420. The number of hydrogen-bond acceptors (Lipinski definition) is 6. The molecule has 0 heterocycles. The van der Waals surface area contributed by atoms with Gasteiger partial charge in [-0.15, -0.1) is 0 Å². The monoisotopic (exact) mass is 518 g/mol. The lowest BCUT2D eigenvalue weighted by Gasteiger charge is -2.33. The van der Waals surface area contributed by atoms with Crippen molar-refractivity contribution < 1.29 is 20.1 Å². The number of aliphatic hydroxyl groups is 2. The van der Waals surface area contributed by atoms with Crippen molar-refractivity contribution in [2.45, 2.75) is 38.5 Å². The minimum Gasteiger partial charge on any atom is -0.508 e. The molecule has 0 saturated carbocycles. The number of rotatable bonds is 11. The zero-order valence-electron chi connectivity index (χ0n) is 19.9. The third kappa shape index (κ3) is 7.75. The number of benzene rings is 3. The Bertz CT molecular complexity index is 1090. The van der Waals surface area contributed by atoms with Crippen LogP contribution in [0.1, 0.15) is 29.7 Å². The summed E-state index contributed by atoms with van der Waals surface area (Å²) >= 11 is 12.3. The lowest BCUT2D eigenvalue weighted by Crippen LogP contribution is -2.44. The zero-order chi connectivity index (χ0) is 25.5. The summed E-state index contributed by atoms with van der Waals surface area (Å²) in [5.74, 6) is 0.927.